The molecule has 3 atom stereocenters. The maximum absolute atomic E-state index is 10.1. The van der Waals surface area contributed by atoms with Crippen molar-refractivity contribution in [1.29, 1.82) is 0 Å². The van der Waals surface area contributed by atoms with Gasteiger partial charge in [0, 0.05) is 0 Å². The van der Waals surface area contributed by atoms with Crippen LogP contribution in [0.2, 0.25) is 0 Å². The van der Waals surface area contributed by atoms with Gasteiger partial charge in [-0.1, -0.05) is 6.92 Å². The van der Waals surface area contributed by atoms with Crippen LogP contribution in [0.3, 0.4) is 0 Å². The average molecular weight is 180 g/mol. The van der Waals surface area contributed by atoms with Crippen LogP contribution in [0, 0.1) is 5.92 Å². The second-order valence-electron chi connectivity index (χ2n) is 3.45. The topological polar surface area (TPSA) is 58.9 Å². The zero-order valence-corrected chi connectivity index (χ0v) is 7.56. The summed E-state index contributed by atoms with van der Waals surface area (Å²) in [6, 6.07) is -0.0239. The number of hydrogen-bond acceptors (Lipinski definition) is 4. The summed E-state index contributed by atoms with van der Waals surface area (Å²) < 4.78 is 0. The lowest BCUT2D eigenvalue weighted by molar-refractivity contribution is 0.302. The highest BCUT2D eigenvalue weighted by Crippen LogP contribution is 2.27. The molecule has 0 aromatic carbocycles. The number of rotatable bonds is 2. The van der Waals surface area contributed by atoms with Gasteiger partial charge in [-0.25, -0.2) is 19.6 Å². The van der Waals surface area contributed by atoms with Gasteiger partial charge >= 0.3 is 0 Å². The largest absolute Gasteiger partial charge is 0.235 e. The van der Waals surface area contributed by atoms with Crippen LogP contribution in [0.25, 0.3) is 0 Å². The number of aliphatic imine (C=N–C) groups is 2. The first-order chi connectivity index (χ1) is 6.27. The predicted octanol–water partition coefficient (Wildman–Crippen LogP) is 1.22. The molecule has 1 saturated carbocycles. The van der Waals surface area contributed by atoms with Crippen molar-refractivity contribution in [3.63, 3.8) is 0 Å². The summed E-state index contributed by atoms with van der Waals surface area (Å²) in [6.07, 6.45) is 5.63. The fourth-order valence-corrected chi connectivity index (χ4v) is 1.72. The molecule has 0 spiro atoms. The number of nitrogens with zero attached hydrogens (tertiary/aromatic N) is 2. The van der Waals surface area contributed by atoms with E-state index >= 15 is 0 Å². The van der Waals surface area contributed by atoms with Crippen molar-refractivity contribution in [2.75, 3.05) is 0 Å². The Labute approximate surface area is 76.8 Å². The van der Waals surface area contributed by atoms with Gasteiger partial charge in [-0.2, -0.15) is 0 Å². The maximum atomic E-state index is 10.1. The Bertz CT molecular complexity index is 265. The molecule has 1 aliphatic carbocycles. The highest BCUT2D eigenvalue weighted by molar-refractivity contribution is 5.35. The molecule has 1 rings (SSSR count). The van der Waals surface area contributed by atoms with Crippen molar-refractivity contribution < 1.29 is 9.59 Å². The van der Waals surface area contributed by atoms with Crippen molar-refractivity contribution in [3.8, 4) is 0 Å². The van der Waals surface area contributed by atoms with Crippen LogP contribution in [-0.2, 0) is 9.59 Å². The highest BCUT2D eigenvalue weighted by Gasteiger charge is 2.27. The van der Waals surface area contributed by atoms with Gasteiger partial charge in [0.2, 0.25) is 12.2 Å². The molecule has 0 radical (unpaired) electrons. The molecule has 1 fully saturated rings. The third-order valence-corrected chi connectivity index (χ3v) is 2.58. The van der Waals surface area contributed by atoms with E-state index in [0.717, 1.165) is 12.8 Å². The van der Waals surface area contributed by atoms with Crippen LogP contribution in [0.15, 0.2) is 9.98 Å². The normalized spacial score (nSPS) is 32.8. The van der Waals surface area contributed by atoms with Crippen molar-refractivity contribution in [2.24, 2.45) is 15.9 Å². The minimum atomic E-state index is -0.0200. The van der Waals surface area contributed by atoms with Crippen molar-refractivity contribution in [1.82, 2.24) is 0 Å². The van der Waals surface area contributed by atoms with Crippen LogP contribution in [0.1, 0.15) is 26.2 Å². The first-order valence-electron chi connectivity index (χ1n) is 4.42. The number of carbonyl (C=O) groups excluding carboxylic acids is 2. The van der Waals surface area contributed by atoms with E-state index in [1.54, 1.807) is 12.2 Å². The van der Waals surface area contributed by atoms with Gasteiger partial charge in [0.05, 0.1) is 12.1 Å². The monoisotopic (exact) mass is 180 g/mol. The molecule has 13 heavy (non-hydrogen) atoms. The Hall–Kier alpha value is -1.24. The van der Waals surface area contributed by atoms with Crippen LogP contribution < -0.4 is 0 Å². The molecule has 4 nitrogen and oxygen atoms in total. The van der Waals surface area contributed by atoms with E-state index in [9.17, 15) is 9.59 Å². The van der Waals surface area contributed by atoms with Crippen molar-refractivity contribution in [2.45, 2.75) is 38.3 Å². The Morgan fingerprint density at radius 2 is 1.85 bits per heavy atom. The highest BCUT2D eigenvalue weighted by atomic mass is 16.1. The summed E-state index contributed by atoms with van der Waals surface area (Å²) in [5.74, 6) is 0.388. The molecule has 0 aromatic rings. The summed E-state index contributed by atoms with van der Waals surface area (Å²) >= 11 is 0. The lowest BCUT2D eigenvalue weighted by Gasteiger charge is -2.27. The fraction of sp³-hybridized carbons (Fsp3) is 0.778. The van der Waals surface area contributed by atoms with Gasteiger partial charge in [0.1, 0.15) is 0 Å². The van der Waals surface area contributed by atoms with Gasteiger partial charge in [0.15, 0.2) is 0 Å². The Balaban J connectivity index is 2.62. The van der Waals surface area contributed by atoms with Crippen molar-refractivity contribution >= 4 is 12.2 Å². The molecular weight excluding hydrogens is 168 g/mol. The maximum Gasteiger partial charge on any atom is 0.235 e. The van der Waals surface area contributed by atoms with Gasteiger partial charge in [-0.15, -0.1) is 0 Å². The lowest BCUT2D eigenvalue weighted by atomic mass is 9.83. The molecule has 0 aromatic heterocycles. The molecule has 0 unspecified atom stereocenters. The van der Waals surface area contributed by atoms with Gasteiger partial charge < -0.3 is 0 Å². The summed E-state index contributed by atoms with van der Waals surface area (Å²) in [4.78, 5) is 27.5. The molecule has 0 saturated heterocycles. The van der Waals surface area contributed by atoms with Crippen LogP contribution in [-0.4, -0.2) is 24.2 Å². The Morgan fingerprint density at radius 3 is 2.46 bits per heavy atom. The first kappa shape index (κ1) is 9.85. The number of isocyanates is 2. The minimum Gasteiger partial charge on any atom is -0.211 e. The number of hydrogen-bond donors (Lipinski definition) is 0. The van der Waals surface area contributed by atoms with E-state index in [0.29, 0.717) is 12.3 Å². The Kier molecular flexibility index (Phi) is 3.56. The minimum absolute atomic E-state index is 0.00389. The summed E-state index contributed by atoms with van der Waals surface area (Å²) in [5, 5.41) is 0. The second kappa shape index (κ2) is 4.70. The van der Waals surface area contributed by atoms with E-state index in [-0.39, 0.29) is 12.1 Å². The Morgan fingerprint density at radius 1 is 1.15 bits per heavy atom. The van der Waals surface area contributed by atoms with E-state index in [1.165, 1.54) is 0 Å². The molecule has 0 N–H and O–H groups in total. The smallest absolute Gasteiger partial charge is 0.211 e. The summed E-state index contributed by atoms with van der Waals surface area (Å²) in [7, 11) is 0. The third kappa shape index (κ3) is 2.62. The second-order valence-corrected chi connectivity index (χ2v) is 3.45. The molecule has 0 amide bonds. The summed E-state index contributed by atoms with van der Waals surface area (Å²) in [6.45, 7) is 2.05. The van der Waals surface area contributed by atoms with Crippen LogP contribution in [0.5, 0.6) is 0 Å². The van der Waals surface area contributed by atoms with E-state index in [2.05, 4.69) is 9.98 Å². The molecule has 0 aliphatic heterocycles. The zero-order valence-electron chi connectivity index (χ0n) is 7.56. The van der Waals surface area contributed by atoms with Crippen molar-refractivity contribution in [3.05, 3.63) is 0 Å². The standard InChI is InChI=1S/C9H12N2O2/c1-7-2-3-8(10-5-12)4-9(7)11-6-13/h7-9H,2-4H2,1H3/t7-,8-,9+/m1/s1. The third-order valence-electron chi connectivity index (χ3n) is 2.58. The van der Waals surface area contributed by atoms with Crippen LogP contribution >= 0.6 is 0 Å². The molecule has 0 heterocycles. The van der Waals surface area contributed by atoms with Gasteiger partial charge in [0.25, 0.3) is 0 Å². The van der Waals surface area contributed by atoms with Gasteiger partial charge in [-0.3, -0.25) is 0 Å². The summed E-state index contributed by atoms with van der Waals surface area (Å²) in [5.41, 5.74) is 0. The lowest BCUT2D eigenvalue weighted by Crippen LogP contribution is -2.28. The molecule has 0 bridgehead atoms. The predicted molar refractivity (Wildman–Crippen MR) is 46.8 cm³/mol. The molecule has 4 heteroatoms. The van der Waals surface area contributed by atoms with Gasteiger partial charge in [-0.05, 0) is 25.2 Å². The molecule has 1 aliphatic rings. The quantitative estimate of drug-likeness (QED) is 0.473. The average Bonchev–Trinajstić information content (AvgIpc) is 2.12. The fourth-order valence-electron chi connectivity index (χ4n) is 1.72. The zero-order chi connectivity index (χ0) is 9.68. The molecular formula is C9H12N2O2. The van der Waals surface area contributed by atoms with Crippen LogP contribution in [0.4, 0.5) is 0 Å². The molecule has 70 valence electrons. The first-order valence-corrected chi connectivity index (χ1v) is 4.42. The van der Waals surface area contributed by atoms with E-state index in [4.69, 9.17) is 0 Å². The van der Waals surface area contributed by atoms with E-state index in [1.807, 2.05) is 6.92 Å². The SMILES string of the molecule is C[C@@H]1CC[C@@H](N=C=O)C[C@@H]1N=C=O. The van der Waals surface area contributed by atoms with E-state index < -0.39 is 0 Å².